The third-order valence-corrected chi connectivity index (χ3v) is 23.3. The molecule has 4 N–H and O–H groups in total. The molecule has 2 saturated heterocycles. The minimum absolute atomic E-state index is 0.0155. The Morgan fingerprint density at radius 1 is 0.484 bits per heavy atom. The molecule has 3 fully saturated rings. The molecule has 31 heteroatoms. The minimum atomic E-state index is -0.939. The number of carbonyl (C=O) groups excluding carboxylic acids is 8. The predicted octanol–water partition coefficient (Wildman–Crippen LogP) is 10.5. The fraction of sp³-hybridized carbons (Fsp3) is 0.591. The second-order valence-corrected chi connectivity index (χ2v) is 32.7. The molecular formula is C93H129N11O20. The molecular weight excluding hydrogens is 1590 g/mol. The number of carbonyl (C=O) groups is 8. The molecule has 6 heterocycles. The highest BCUT2D eigenvalue weighted by Gasteiger charge is 2.43. The largest absolute Gasteiger partial charge is 0.493 e. The van der Waals surface area contributed by atoms with Crippen molar-refractivity contribution in [3.8, 4) is 23.0 Å². The number of amides is 8. The van der Waals surface area contributed by atoms with Crippen LogP contribution in [-0.2, 0) is 66.7 Å². The highest BCUT2D eigenvalue weighted by molar-refractivity contribution is 6.07. The van der Waals surface area contributed by atoms with Crippen LogP contribution in [0.3, 0.4) is 0 Å². The lowest BCUT2D eigenvalue weighted by Crippen LogP contribution is -2.53. The first-order chi connectivity index (χ1) is 60.4. The van der Waals surface area contributed by atoms with Crippen LogP contribution in [0.15, 0.2) is 95.2 Å². The van der Waals surface area contributed by atoms with Gasteiger partial charge in [0, 0.05) is 120 Å². The molecule has 1 aliphatic carbocycles. The molecule has 4 aromatic rings. The summed E-state index contributed by atoms with van der Waals surface area (Å²) in [6.45, 7) is 16.2. The second-order valence-electron chi connectivity index (χ2n) is 32.7. The van der Waals surface area contributed by atoms with Crippen molar-refractivity contribution in [2.24, 2.45) is 27.7 Å². The monoisotopic (exact) mass is 1720 g/mol. The summed E-state index contributed by atoms with van der Waals surface area (Å²) < 4.78 is 68.5. The summed E-state index contributed by atoms with van der Waals surface area (Å²) in [6, 6.07) is 20.4. The molecule has 8 amide bonds. The van der Waals surface area contributed by atoms with Gasteiger partial charge in [0.1, 0.15) is 12.1 Å². The van der Waals surface area contributed by atoms with E-state index < -0.39 is 23.9 Å². The van der Waals surface area contributed by atoms with Crippen molar-refractivity contribution in [1.82, 2.24) is 35.6 Å². The number of imide groups is 1. The lowest BCUT2D eigenvalue weighted by atomic mass is 9.83. The van der Waals surface area contributed by atoms with Crippen molar-refractivity contribution < 1.29 is 95.2 Å². The predicted molar refractivity (Wildman–Crippen MR) is 471 cm³/mol. The number of anilines is 2. The SMILES string of the molecule is COc1cc2c(cc1OCCCCCOc1cc3c(cc1OC)C(=O)N1C=C(c4ccc(N5CCN(C)CC5)cc4)C[C@H]1C=N3)N=C[C@@H]1CC(c3ccc(NC(=O)[C@H](C)NC(=O)[C@@H](NC(=O)CCOCCOCCOCCOCCOCCOCCOCCOCCNC(=O)CCN4C(=O)CC(C5CCCCCCCCCC5)C4=O)C(C)C)cc3)=CN1C2=O. The quantitative estimate of drug-likeness (QED) is 0.0236. The van der Waals surface area contributed by atoms with E-state index in [1.807, 2.05) is 30.7 Å². The first-order valence-corrected chi connectivity index (χ1v) is 44.6. The fourth-order valence-corrected chi connectivity index (χ4v) is 16.1. The van der Waals surface area contributed by atoms with Gasteiger partial charge in [-0.1, -0.05) is 89.5 Å². The summed E-state index contributed by atoms with van der Waals surface area (Å²) in [7, 11) is 5.25. The van der Waals surface area contributed by atoms with Gasteiger partial charge in [-0.2, -0.15) is 0 Å². The van der Waals surface area contributed by atoms with E-state index in [-0.39, 0.29) is 104 Å². The second kappa shape index (κ2) is 50.4. The maximum Gasteiger partial charge on any atom is 0.260 e. The van der Waals surface area contributed by atoms with E-state index >= 15 is 0 Å². The Hall–Kier alpha value is -9.70. The van der Waals surface area contributed by atoms with Crippen molar-refractivity contribution in [2.75, 3.05) is 190 Å². The Kier molecular flexibility index (Phi) is 38.6. The van der Waals surface area contributed by atoms with Gasteiger partial charge in [0.2, 0.25) is 35.4 Å². The van der Waals surface area contributed by atoms with E-state index in [1.165, 1.54) is 56.2 Å². The van der Waals surface area contributed by atoms with Gasteiger partial charge in [0.15, 0.2) is 23.0 Å². The zero-order valence-electron chi connectivity index (χ0n) is 73.3. The number of unbranched alkanes of at least 4 members (excludes halogenated alkanes) is 2. The molecule has 0 spiro atoms. The number of likely N-dealkylation sites (N-methyl/N-ethyl adjacent to an activating group) is 1. The zero-order valence-corrected chi connectivity index (χ0v) is 73.3. The van der Waals surface area contributed by atoms with Crippen LogP contribution in [0.5, 0.6) is 23.0 Å². The summed E-state index contributed by atoms with van der Waals surface area (Å²) in [5.74, 6) is -0.617. The smallest absolute Gasteiger partial charge is 0.260 e. The van der Waals surface area contributed by atoms with Crippen molar-refractivity contribution >= 4 is 93.6 Å². The third-order valence-electron chi connectivity index (χ3n) is 23.3. The average Bonchev–Trinajstić information content (AvgIpc) is 1.63. The molecule has 1 unspecified atom stereocenters. The number of benzene rings is 4. The van der Waals surface area contributed by atoms with E-state index in [0.717, 1.165) is 87.0 Å². The number of ether oxygens (including phenoxy) is 12. The van der Waals surface area contributed by atoms with E-state index in [9.17, 15) is 38.4 Å². The van der Waals surface area contributed by atoms with Crippen LogP contribution in [0.1, 0.15) is 168 Å². The molecule has 4 aromatic carbocycles. The van der Waals surface area contributed by atoms with Gasteiger partial charge in [0.05, 0.1) is 174 Å². The van der Waals surface area contributed by atoms with Crippen molar-refractivity contribution in [1.29, 1.82) is 0 Å². The maximum absolute atomic E-state index is 14.2. The fourth-order valence-electron chi connectivity index (χ4n) is 16.1. The number of hydrogen-bond donors (Lipinski definition) is 4. The number of aliphatic imine (C=N–C) groups is 2. The van der Waals surface area contributed by atoms with Gasteiger partial charge in [0.25, 0.3) is 11.8 Å². The van der Waals surface area contributed by atoms with Gasteiger partial charge >= 0.3 is 0 Å². The molecule has 0 bridgehead atoms. The van der Waals surface area contributed by atoms with Crippen LogP contribution < -0.4 is 45.1 Å². The normalized spacial score (nSPS) is 18.6. The van der Waals surface area contributed by atoms with Crippen LogP contribution in [0.2, 0.25) is 0 Å². The zero-order chi connectivity index (χ0) is 87.4. The summed E-state index contributed by atoms with van der Waals surface area (Å²) >= 11 is 0. The summed E-state index contributed by atoms with van der Waals surface area (Å²) in [4.78, 5) is 126. The molecule has 7 aliphatic rings. The number of fused-ring (bicyclic) bond motifs is 4. The standard InChI is InChI=1S/C93H129N11O20/c1-65(2)88(99-86(106)29-38-115-40-42-117-44-46-119-48-50-121-52-53-122-51-49-120-47-45-118-43-41-116-39-30-94-85(105)28-31-102-87(107)58-76(91(102)110)69-18-14-11-9-7-8-10-12-15-19-69)90(109)97-66(3)89(108)98-72-24-20-67(21-25-72)70-54-74-61-95-79-59-83(81(113-5)56-77(79)92(111)103(74)63-70)123-36-16-13-17-37-124-84-60-80-78(57-82(84)114-6)93(112)104-64-71(55-75(104)62-96-80)68-22-26-73(27-23-68)101-34-32-100(4)33-35-101/h20-27,56-57,59-66,69,74-76,88H,7-19,28-55,58H2,1-6H3,(H,94,105)(H,97,109)(H,98,108)(H,99,106)/t66-,74-,75-,76?,88-/m0/s1. The number of piperazine rings is 1. The number of nitrogens with one attached hydrogen (secondary N) is 4. The highest BCUT2D eigenvalue weighted by atomic mass is 16.6. The van der Waals surface area contributed by atoms with Gasteiger partial charge in [-0.25, -0.2) is 0 Å². The topological polar surface area (TPSA) is 336 Å². The van der Waals surface area contributed by atoms with Crippen molar-refractivity contribution in [3.63, 3.8) is 0 Å². The van der Waals surface area contributed by atoms with Crippen molar-refractivity contribution in [3.05, 3.63) is 107 Å². The number of nitrogens with zero attached hydrogens (tertiary/aromatic N) is 7. The van der Waals surface area contributed by atoms with Gasteiger partial charge in [-0.15, -0.1) is 0 Å². The average molecular weight is 1720 g/mol. The summed E-state index contributed by atoms with van der Waals surface area (Å²) in [5, 5.41) is 11.2. The molecule has 5 atom stereocenters. The minimum Gasteiger partial charge on any atom is -0.493 e. The Morgan fingerprint density at radius 2 is 0.944 bits per heavy atom. The third kappa shape index (κ3) is 28.7. The molecule has 0 aromatic heterocycles. The van der Waals surface area contributed by atoms with Crippen LogP contribution in [0, 0.1) is 17.8 Å². The van der Waals surface area contributed by atoms with Gasteiger partial charge in [-0.05, 0) is 117 Å². The van der Waals surface area contributed by atoms with Crippen LogP contribution in [-0.4, -0.2) is 283 Å². The van der Waals surface area contributed by atoms with Crippen molar-refractivity contribution in [2.45, 2.75) is 161 Å². The van der Waals surface area contributed by atoms with E-state index in [1.54, 1.807) is 80.3 Å². The summed E-state index contributed by atoms with van der Waals surface area (Å²) in [5.41, 5.74) is 7.47. The highest BCUT2D eigenvalue weighted by Crippen LogP contribution is 2.43. The Labute approximate surface area is 729 Å². The number of hydrogen-bond acceptors (Lipinski definition) is 24. The Balaban J connectivity index is 0.475. The van der Waals surface area contributed by atoms with Crippen LogP contribution >= 0.6 is 0 Å². The Bertz CT molecular complexity index is 4250. The Morgan fingerprint density at radius 3 is 1.42 bits per heavy atom. The van der Waals surface area contributed by atoms with E-state index in [0.29, 0.717) is 183 Å². The van der Waals surface area contributed by atoms with Gasteiger partial charge in [-0.3, -0.25) is 53.2 Å². The van der Waals surface area contributed by atoms with Gasteiger partial charge < -0.3 is 97.7 Å². The number of methoxy groups -OCH3 is 2. The lowest BCUT2D eigenvalue weighted by molar-refractivity contribution is -0.140. The number of likely N-dealkylation sites (tertiary alicyclic amines) is 1. The maximum atomic E-state index is 14.2. The molecule has 676 valence electrons. The molecule has 0 radical (unpaired) electrons. The van der Waals surface area contributed by atoms with Crippen LogP contribution in [0.25, 0.3) is 11.1 Å². The van der Waals surface area contributed by atoms with E-state index in [2.05, 4.69) is 62.4 Å². The van der Waals surface area contributed by atoms with Crippen LogP contribution in [0.4, 0.5) is 22.7 Å². The molecule has 31 nitrogen and oxygen atoms in total. The summed E-state index contributed by atoms with van der Waals surface area (Å²) in [6.07, 6.45) is 22.8. The van der Waals surface area contributed by atoms with E-state index in [4.69, 9.17) is 66.8 Å². The number of rotatable bonds is 50. The lowest BCUT2D eigenvalue weighted by Gasteiger charge is -2.34. The molecule has 11 rings (SSSR count). The molecule has 6 aliphatic heterocycles. The first kappa shape index (κ1) is 95.0. The molecule has 124 heavy (non-hydrogen) atoms. The molecule has 1 saturated carbocycles. The first-order valence-electron chi connectivity index (χ1n) is 44.6.